The van der Waals surface area contributed by atoms with Crippen molar-refractivity contribution in [1.29, 1.82) is 5.26 Å². The summed E-state index contributed by atoms with van der Waals surface area (Å²) < 4.78 is 4.61. The van der Waals surface area contributed by atoms with E-state index in [1.807, 2.05) is 12.4 Å². The summed E-state index contributed by atoms with van der Waals surface area (Å²) in [7, 11) is 0. The van der Waals surface area contributed by atoms with Gasteiger partial charge in [-0.1, -0.05) is 120 Å². The summed E-state index contributed by atoms with van der Waals surface area (Å²) in [6.07, 6.45) is 3.68. The van der Waals surface area contributed by atoms with Gasteiger partial charge in [0.1, 0.15) is 6.07 Å². The van der Waals surface area contributed by atoms with Crippen LogP contribution in [0.3, 0.4) is 0 Å². The topological polar surface area (TPSA) is 46.5 Å². The lowest BCUT2D eigenvalue weighted by molar-refractivity contribution is 1.13. The predicted octanol–water partition coefficient (Wildman–Crippen LogP) is 12.8. The van der Waals surface area contributed by atoms with Crippen LogP contribution in [0.1, 0.15) is 16.7 Å². The SMILES string of the molecule is Cc1ccc(-c2ccc3c4ccccc4n(-c4cc(-c5ccncc5)c(-n5c6ccccc6c6ccc(-c7ccc(C)cc7)cc65)cc4C#N)c3c2)cc1. The standard InChI is InChI=1S/C50H34N4/c1-32-11-15-34(16-12-32)37-19-21-42-40-7-3-5-9-45(40)53(48(42)27-37)47-30-44(36-23-25-52-26-24-36)50(29-39(47)31-51)54-46-10-6-4-8-41(46)43-22-20-38(28-49(43)54)35-17-13-33(2)14-18-35/h3-30H,1-2H3. The largest absolute Gasteiger partial charge is 0.309 e. The van der Waals surface area contributed by atoms with E-state index in [4.69, 9.17) is 0 Å². The van der Waals surface area contributed by atoms with Crippen LogP contribution in [0.5, 0.6) is 0 Å². The molecule has 0 aliphatic rings. The van der Waals surface area contributed by atoms with Crippen molar-refractivity contribution in [1.82, 2.24) is 14.1 Å². The number of pyridine rings is 1. The summed E-state index contributed by atoms with van der Waals surface area (Å²) >= 11 is 0. The summed E-state index contributed by atoms with van der Waals surface area (Å²) in [5, 5.41) is 15.7. The number of para-hydroxylation sites is 2. The number of nitriles is 1. The first kappa shape index (κ1) is 31.5. The number of hydrogen-bond acceptors (Lipinski definition) is 2. The number of fused-ring (bicyclic) bond motifs is 6. The van der Waals surface area contributed by atoms with Crippen LogP contribution < -0.4 is 0 Å². The van der Waals surface area contributed by atoms with Gasteiger partial charge < -0.3 is 9.13 Å². The Morgan fingerprint density at radius 2 is 0.889 bits per heavy atom. The van der Waals surface area contributed by atoms with Gasteiger partial charge in [0.05, 0.1) is 39.0 Å². The fourth-order valence-corrected chi connectivity index (χ4v) is 8.11. The maximum atomic E-state index is 11.1. The Kier molecular flexibility index (Phi) is 7.28. The van der Waals surface area contributed by atoms with Gasteiger partial charge in [-0.3, -0.25) is 4.98 Å². The minimum absolute atomic E-state index is 0.590. The summed E-state index contributed by atoms with van der Waals surface area (Å²) in [4.78, 5) is 4.38. The van der Waals surface area contributed by atoms with Crippen LogP contribution >= 0.6 is 0 Å². The minimum Gasteiger partial charge on any atom is -0.309 e. The minimum atomic E-state index is 0.590. The first-order chi connectivity index (χ1) is 26.6. The van der Waals surface area contributed by atoms with E-state index in [1.54, 1.807) is 0 Å². The Labute approximate surface area is 313 Å². The van der Waals surface area contributed by atoms with Gasteiger partial charge in [0, 0.05) is 39.5 Å². The van der Waals surface area contributed by atoms with Gasteiger partial charge in [-0.2, -0.15) is 5.26 Å². The van der Waals surface area contributed by atoms with Crippen LogP contribution in [-0.4, -0.2) is 14.1 Å². The van der Waals surface area contributed by atoms with Crippen molar-refractivity contribution in [3.63, 3.8) is 0 Å². The molecule has 0 saturated carbocycles. The highest BCUT2D eigenvalue weighted by Gasteiger charge is 2.22. The molecule has 0 saturated heterocycles. The zero-order chi connectivity index (χ0) is 36.3. The van der Waals surface area contributed by atoms with Crippen molar-refractivity contribution >= 4 is 43.6 Å². The summed E-state index contributed by atoms with van der Waals surface area (Å²) in [6.45, 7) is 4.23. The second-order valence-corrected chi connectivity index (χ2v) is 14.1. The third-order valence-electron chi connectivity index (χ3n) is 10.8. The van der Waals surface area contributed by atoms with Gasteiger partial charge in [0.15, 0.2) is 0 Å². The molecule has 0 unspecified atom stereocenters. The van der Waals surface area contributed by atoms with Crippen molar-refractivity contribution in [2.24, 2.45) is 0 Å². The van der Waals surface area contributed by atoms with Gasteiger partial charge in [0.25, 0.3) is 0 Å². The molecule has 54 heavy (non-hydrogen) atoms. The summed E-state index contributed by atoms with van der Waals surface area (Å²) in [6, 6.07) is 58.9. The van der Waals surface area contributed by atoms with Gasteiger partial charge in [-0.05, 0) is 90.2 Å². The highest BCUT2D eigenvalue weighted by Crippen LogP contribution is 2.42. The molecule has 10 aromatic rings. The van der Waals surface area contributed by atoms with Crippen LogP contribution in [-0.2, 0) is 0 Å². The molecule has 3 aromatic heterocycles. The van der Waals surface area contributed by atoms with Gasteiger partial charge >= 0.3 is 0 Å². The van der Waals surface area contributed by atoms with Crippen molar-refractivity contribution in [2.45, 2.75) is 13.8 Å². The Balaban J connectivity index is 1.29. The number of aromatic nitrogens is 3. The van der Waals surface area contributed by atoms with E-state index in [1.165, 1.54) is 11.1 Å². The van der Waals surface area contributed by atoms with E-state index in [2.05, 4.69) is 192 Å². The van der Waals surface area contributed by atoms with Crippen molar-refractivity contribution < 1.29 is 0 Å². The molecule has 10 rings (SSSR count). The molecule has 0 aliphatic heterocycles. The van der Waals surface area contributed by atoms with Gasteiger partial charge in [-0.25, -0.2) is 0 Å². The van der Waals surface area contributed by atoms with Crippen LogP contribution in [0.25, 0.3) is 88.4 Å². The van der Waals surface area contributed by atoms with Crippen LogP contribution in [0, 0.1) is 25.2 Å². The number of aryl methyl sites for hydroxylation is 2. The molecule has 0 spiro atoms. The van der Waals surface area contributed by atoms with Crippen molar-refractivity contribution in [2.75, 3.05) is 0 Å². The lowest BCUT2D eigenvalue weighted by Gasteiger charge is -2.19. The summed E-state index contributed by atoms with van der Waals surface area (Å²) in [5.41, 5.74) is 15.7. The second-order valence-electron chi connectivity index (χ2n) is 14.1. The molecule has 254 valence electrons. The Bertz CT molecular complexity index is 3100. The second kappa shape index (κ2) is 12.5. The third kappa shape index (κ3) is 5.02. The normalized spacial score (nSPS) is 11.5. The molecule has 0 N–H and O–H groups in total. The van der Waals surface area contributed by atoms with E-state index in [9.17, 15) is 5.26 Å². The van der Waals surface area contributed by atoms with E-state index in [0.29, 0.717) is 5.56 Å². The monoisotopic (exact) mass is 690 g/mol. The third-order valence-corrected chi connectivity index (χ3v) is 10.8. The average molecular weight is 691 g/mol. The van der Waals surface area contributed by atoms with E-state index in [-0.39, 0.29) is 0 Å². The molecule has 0 aliphatic carbocycles. The molecule has 4 heteroatoms. The Morgan fingerprint density at radius 3 is 1.41 bits per heavy atom. The van der Waals surface area contributed by atoms with Crippen molar-refractivity contribution in [3.8, 4) is 50.8 Å². The molecule has 3 heterocycles. The first-order valence-electron chi connectivity index (χ1n) is 18.3. The molecule has 0 radical (unpaired) electrons. The van der Waals surface area contributed by atoms with E-state index in [0.717, 1.165) is 88.4 Å². The zero-order valence-corrected chi connectivity index (χ0v) is 30.0. The maximum absolute atomic E-state index is 11.1. The lowest BCUT2D eigenvalue weighted by Crippen LogP contribution is -2.04. The van der Waals surface area contributed by atoms with E-state index < -0.39 is 0 Å². The molecule has 4 nitrogen and oxygen atoms in total. The maximum Gasteiger partial charge on any atom is 0.101 e. The molecule has 0 amide bonds. The van der Waals surface area contributed by atoms with E-state index >= 15 is 0 Å². The molecule has 7 aromatic carbocycles. The summed E-state index contributed by atoms with van der Waals surface area (Å²) in [5.74, 6) is 0. The highest BCUT2D eigenvalue weighted by molar-refractivity contribution is 6.12. The molecular weight excluding hydrogens is 657 g/mol. The fraction of sp³-hybridized carbons (Fsp3) is 0.0400. The highest BCUT2D eigenvalue weighted by atomic mass is 15.0. The van der Waals surface area contributed by atoms with Crippen LogP contribution in [0.2, 0.25) is 0 Å². The fourth-order valence-electron chi connectivity index (χ4n) is 8.11. The first-order valence-corrected chi connectivity index (χ1v) is 18.3. The Hall–Kier alpha value is -7.22. The van der Waals surface area contributed by atoms with Gasteiger partial charge in [0.2, 0.25) is 0 Å². The number of hydrogen-bond donors (Lipinski definition) is 0. The molecule has 0 bridgehead atoms. The smallest absolute Gasteiger partial charge is 0.101 e. The van der Waals surface area contributed by atoms with Crippen LogP contribution in [0.4, 0.5) is 0 Å². The van der Waals surface area contributed by atoms with Crippen molar-refractivity contribution in [3.05, 3.63) is 187 Å². The zero-order valence-electron chi connectivity index (χ0n) is 30.0. The number of rotatable bonds is 5. The van der Waals surface area contributed by atoms with Gasteiger partial charge in [-0.15, -0.1) is 0 Å². The average Bonchev–Trinajstić information content (AvgIpc) is 3.73. The Morgan fingerprint density at radius 1 is 0.426 bits per heavy atom. The number of nitrogens with zero attached hydrogens (tertiary/aromatic N) is 4. The molecular formula is C50H34N4. The quantitative estimate of drug-likeness (QED) is 0.180. The van der Waals surface area contributed by atoms with Crippen LogP contribution in [0.15, 0.2) is 170 Å². The number of benzene rings is 7. The predicted molar refractivity (Wildman–Crippen MR) is 223 cm³/mol. The lowest BCUT2D eigenvalue weighted by atomic mass is 9.99. The molecule has 0 atom stereocenters. The molecule has 0 fully saturated rings.